The van der Waals surface area contributed by atoms with Crippen LogP contribution in [0, 0.1) is 0 Å². The number of amidine groups is 1. The Labute approximate surface area is 151 Å². The van der Waals surface area contributed by atoms with Gasteiger partial charge in [-0.3, -0.25) is 4.79 Å². The topological polar surface area (TPSA) is 70.9 Å². The van der Waals surface area contributed by atoms with Crippen LogP contribution < -0.4 is 10.1 Å². The molecular weight excluding hydrogens is 392 g/mol. The molecule has 7 heteroatoms. The van der Waals surface area contributed by atoms with Crippen LogP contribution in [0.15, 0.2) is 56.8 Å². The number of amides is 1. The zero-order valence-corrected chi connectivity index (χ0v) is 15.0. The number of nitrogens with zero attached hydrogens (tertiary/aromatic N) is 1. The van der Waals surface area contributed by atoms with Crippen LogP contribution in [0.1, 0.15) is 5.56 Å². The third-order valence-electron chi connectivity index (χ3n) is 3.19. The van der Waals surface area contributed by atoms with Crippen LogP contribution in [0.2, 0.25) is 0 Å². The van der Waals surface area contributed by atoms with Crippen LogP contribution in [0.4, 0.5) is 5.69 Å². The van der Waals surface area contributed by atoms with Crippen LogP contribution >= 0.6 is 27.7 Å². The maximum Gasteiger partial charge on any atom is 0.264 e. The predicted octanol–water partition coefficient (Wildman–Crippen LogP) is 4.05. The standard InChI is InChI=1S/C17H13BrN2O3S/c1-23-14-7-10(5-6-13(14)21)8-15-16(22)20-17(24-15)19-12-4-2-3-11(18)9-12/h2-9,21H,1H3,(H,19,20,22). The van der Waals surface area contributed by atoms with Crippen molar-refractivity contribution in [2.24, 2.45) is 4.99 Å². The molecule has 2 aromatic rings. The summed E-state index contributed by atoms with van der Waals surface area (Å²) < 4.78 is 6.00. The lowest BCUT2D eigenvalue weighted by molar-refractivity contribution is -0.115. The molecule has 122 valence electrons. The van der Waals surface area contributed by atoms with Gasteiger partial charge in [-0.1, -0.05) is 28.1 Å². The molecule has 24 heavy (non-hydrogen) atoms. The number of phenols is 1. The third kappa shape index (κ3) is 3.80. The molecular formula is C17H13BrN2O3S. The van der Waals surface area contributed by atoms with Crippen molar-refractivity contribution in [3.8, 4) is 11.5 Å². The molecule has 0 saturated carbocycles. The highest BCUT2D eigenvalue weighted by Crippen LogP contribution is 2.31. The number of phenolic OH excluding ortho intramolecular Hbond substituents is 1. The fraction of sp³-hybridized carbons (Fsp3) is 0.0588. The number of aromatic hydroxyl groups is 1. The number of aliphatic imine (C=N–C) groups is 1. The smallest absolute Gasteiger partial charge is 0.264 e. The van der Waals surface area contributed by atoms with Gasteiger partial charge in [-0.25, -0.2) is 4.99 Å². The molecule has 2 N–H and O–H groups in total. The molecule has 0 radical (unpaired) electrons. The SMILES string of the molecule is COc1cc(C=C2SC(=Nc3cccc(Br)c3)NC2=O)ccc1O. The van der Waals surface area contributed by atoms with Gasteiger partial charge >= 0.3 is 0 Å². The molecule has 0 bridgehead atoms. The molecule has 0 unspecified atom stereocenters. The zero-order chi connectivity index (χ0) is 17.1. The van der Waals surface area contributed by atoms with Gasteiger partial charge in [0, 0.05) is 4.47 Å². The summed E-state index contributed by atoms with van der Waals surface area (Å²) in [6.45, 7) is 0. The Morgan fingerprint density at radius 1 is 1.29 bits per heavy atom. The Morgan fingerprint density at radius 3 is 2.88 bits per heavy atom. The predicted molar refractivity (Wildman–Crippen MR) is 99.6 cm³/mol. The highest BCUT2D eigenvalue weighted by Gasteiger charge is 2.23. The fourth-order valence-corrected chi connectivity index (χ4v) is 3.31. The number of carbonyl (C=O) groups is 1. The van der Waals surface area contributed by atoms with Crippen molar-refractivity contribution in [3.63, 3.8) is 0 Å². The van der Waals surface area contributed by atoms with Gasteiger partial charge in [0.05, 0.1) is 17.7 Å². The average molecular weight is 405 g/mol. The van der Waals surface area contributed by atoms with Crippen molar-refractivity contribution in [1.29, 1.82) is 0 Å². The first kappa shape index (κ1) is 16.6. The van der Waals surface area contributed by atoms with Gasteiger partial charge in [0.25, 0.3) is 5.91 Å². The largest absolute Gasteiger partial charge is 0.504 e. The number of halogens is 1. The number of methoxy groups -OCH3 is 1. The molecule has 0 atom stereocenters. The van der Waals surface area contributed by atoms with Crippen LogP contribution in [0.3, 0.4) is 0 Å². The second-order valence-electron chi connectivity index (χ2n) is 4.89. The van der Waals surface area contributed by atoms with Crippen molar-refractivity contribution in [1.82, 2.24) is 5.32 Å². The first-order valence-electron chi connectivity index (χ1n) is 6.97. The number of rotatable bonds is 3. The van der Waals surface area contributed by atoms with Crippen molar-refractivity contribution in [3.05, 3.63) is 57.4 Å². The Morgan fingerprint density at radius 2 is 2.12 bits per heavy atom. The number of hydrogen-bond donors (Lipinski definition) is 2. The van der Waals surface area contributed by atoms with E-state index in [1.165, 1.54) is 24.9 Å². The first-order chi connectivity index (χ1) is 11.5. The van der Waals surface area contributed by atoms with E-state index < -0.39 is 0 Å². The number of ether oxygens (including phenoxy) is 1. The van der Waals surface area contributed by atoms with Gasteiger partial charge in [0.15, 0.2) is 16.7 Å². The van der Waals surface area contributed by atoms with Gasteiger partial charge in [-0.15, -0.1) is 0 Å². The van der Waals surface area contributed by atoms with Crippen molar-refractivity contribution < 1.29 is 14.6 Å². The van der Waals surface area contributed by atoms with Crippen molar-refractivity contribution >= 4 is 50.5 Å². The van der Waals surface area contributed by atoms with E-state index in [0.717, 1.165) is 15.7 Å². The summed E-state index contributed by atoms with van der Waals surface area (Å²) in [5.74, 6) is 0.205. The number of benzene rings is 2. The maximum absolute atomic E-state index is 12.1. The zero-order valence-electron chi connectivity index (χ0n) is 12.6. The summed E-state index contributed by atoms with van der Waals surface area (Å²) in [5.41, 5.74) is 1.51. The van der Waals surface area contributed by atoms with Crippen LogP contribution in [-0.4, -0.2) is 23.3 Å². The summed E-state index contributed by atoms with van der Waals surface area (Å²) >= 11 is 4.66. The number of nitrogens with one attached hydrogen (secondary N) is 1. The maximum atomic E-state index is 12.1. The number of thioether (sulfide) groups is 1. The van der Waals surface area contributed by atoms with Crippen molar-refractivity contribution in [2.45, 2.75) is 0 Å². The highest BCUT2D eigenvalue weighted by atomic mass is 79.9. The van der Waals surface area contributed by atoms with E-state index in [1.54, 1.807) is 18.2 Å². The Kier molecular flexibility index (Phi) is 4.92. The first-order valence-corrected chi connectivity index (χ1v) is 8.58. The van der Waals surface area contributed by atoms with E-state index in [2.05, 4.69) is 26.2 Å². The summed E-state index contributed by atoms with van der Waals surface area (Å²) in [5, 5.41) is 12.9. The molecule has 0 spiro atoms. The lowest BCUT2D eigenvalue weighted by Crippen LogP contribution is -2.19. The third-order valence-corrected chi connectivity index (χ3v) is 4.59. The molecule has 0 aliphatic carbocycles. The van der Waals surface area contributed by atoms with Gasteiger partial charge in [0.2, 0.25) is 0 Å². The second-order valence-corrected chi connectivity index (χ2v) is 6.84. The van der Waals surface area contributed by atoms with Gasteiger partial charge in [0.1, 0.15) is 0 Å². The normalized spacial score (nSPS) is 17.3. The summed E-state index contributed by atoms with van der Waals surface area (Å²) in [6, 6.07) is 12.4. The molecule has 1 aliphatic rings. The molecule has 1 amide bonds. The monoisotopic (exact) mass is 404 g/mol. The minimum absolute atomic E-state index is 0.0556. The lowest BCUT2D eigenvalue weighted by atomic mass is 10.2. The quantitative estimate of drug-likeness (QED) is 0.756. The van der Waals surface area contributed by atoms with E-state index in [4.69, 9.17) is 4.74 Å². The van der Waals surface area contributed by atoms with Gasteiger partial charge in [-0.2, -0.15) is 0 Å². The van der Waals surface area contributed by atoms with E-state index >= 15 is 0 Å². The number of carbonyl (C=O) groups excluding carboxylic acids is 1. The van der Waals surface area contributed by atoms with Crippen LogP contribution in [0.5, 0.6) is 11.5 Å². The van der Waals surface area contributed by atoms with E-state index in [9.17, 15) is 9.90 Å². The molecule has 3 rings (SSSR count). The van der Waals surface area contributed by atoms with Gasteiger partial charge < -0.3 is 15.2 Å². The minimum atomic E-state index is -0.208. The Bertz CT molecular complexity index is 865. The molecule has 5 nitrogen and oxygen atoms in total. The molecule has 2 aromatic carbocycles. The molecule has 1 saturated heterocycles. The minimum Gasteiger partial charge on any atom is -0.504 e. The van der Waals surface area contributed by atoms with E-state index in [-0.39, 0.29) is 11.7 Å². The van der Waals surface area contributed by atoms with Crippen LogP contribution in [0.25, 0.3) is 6.08 Å². The Hall–Kier alpha value is -2.25. The second kappa shape index (κ2) is 7.11. The molecule has 1 aliphatic heterocycles. The Balaban J connectivity index is 1.84. The fourth-order valence-electron chi connectivity index (χ4n) is 2.08. The van der Waals surface area contributed by atoms with E-state index in [1.807, 2.05) is 24.3 Å². The molecule has 1 fully saturated rings. The highest BCUT2D eigenvalue weighted by molar-refractivity contribution is 9.10. The molecule has 0 aromatic heterocycles. The van der Waals surface area contributed by atoms with Crippen LogP contribution in [-0.2, 0) is 4.79 Å². The summed E-state index contributed by atoms with van der Waals surface area (Å²) in [7, 11) is 1.48. The average Bonchev–Trinajstić information content (AvgIpc) is 2.88. The molecule has 1 heterocycles. The summed E-state index contributed by atoms with van der Waals surface area (Å²) in [6.07, 6.45) is 1.73. The van der Waals surface area contributed by atoms with Gasteiger partial charge in [-0.05, 0) is 53.7 Å². The summed E-state index contributed by atoms with van der Waals surface area (Å²) in [4.78, 5) is 17.0. The lowest BCUT2D eigenvalue weighted by Gasteiger charge is -2.03. The van der Waals surface area contributed by atoms with Crippen molar-refractivity contribution in [2.75, 3.05) is 7.11 Å². The van der Waals surface area contributed by atoms with E-state index in [0.29, 0.717) is 15.8 Å². The number of hydrogen-bond acceptors (Lipinski definition) is 5.